The van der Waals surface area contributed by atoms with Crippen molar-refractivity contribution in [1.29, 1.82) is 0 Å². The molecule has 88 valence electrons. The summed E-state index contributed by atoms with van der Waals surface area (Å²) in [6, 6.07) is 0. The smallest absolute Gasteiger partial charge is 0.376 e. The minimum atomic E-state index is -2.51. The number of hydrogen-bond acceptors (Lipinski definition) is 5. The van der Waals surface area contributed by atoms with Crippen LogP contribution in [0.15, 0.2) is 4.99 Å². The summed E-state index contributed by atoms with van der Waals surface area (Å²) in [5.74, 6) is 0. The maximum atomic E-state index is 5.30. The van der Waals surface area contributed by atoms with Gasteiger partial charge in [0.2, 0.25) is 0 Å². The minimum absolute atomic E-state index is 0.514. The zero-order valence-electron chi connectivity index (χ0n) is 9.95. The van der Waals surface area contributed by atoms with Gasteiger partial charge in [0.15, 0.2) is 0 Å². The monoisotopic (exact) mass is 232 g/mol. The summed E-state index contributed by atoms with van der Waals surface area (Å²) < 4.78 is 15.9. The van der Waals surface area contributed by atoms with Gasteiger partial charge >= 0.3 is 8.80 Å². The number of aliphatic imine (C=N–C) groups is 1. The van der Waals surface area contributed by atoms with Crippen molar-refractivity contribution in [2.24, 2.45) is 4.99 Å². The van der Waals surface area contributed by atoms with Gasteiger partial charge in [0.05, 0.1) is 0 Å². The minimum Gasteiger partial charge on any atom is -0.376 e. The number of nitrogens with zero attached hydrogens (tertiary/aromatic N) is 2. The summed E-state index contributed by atoms with van der Waals surface area (Å²) >= 11 is 0. The first-order chi connectivity index (χ1) is 7.15. The molecule has 0 spiro atoms. The van der Waals surface area contributed by atoms with Crippen LogP contribution in [0.25, 0.3) is 0 Å². The van der Waals surface area contributed by atoms with Crippen molar-refractivity contribution in [1.82, 2.24) is 4.90 Å². The third-order valence-corrected chi connectivity index (χ3v) is 5.08. The van der Waals surface area contributed by atoms with Crippen molar-refractivity contribution in [3.8, 4) is 0 Å². The van der Waals surface area contributed by atoms with Gasteiger partial charge in [-0.1, -0.05) is 0 Å². The van der Waals surface area contributed by atoms with Crippen LogP contribution in [0, 0.1) is 0 Å². The zero-order valence-corrected chi connectivity index (χ0v) is 10.9. The normalized spacial score (nSPS) is 21.5. The Morgan fingerprint density at radius 1 is 1.27 bits per heavy atom. The van der Waals surface area contributed by atoms with Crippen LogP contribution in [0.3, 0.4) is 0 Å². The molecular weight excluding hydrogens is 212 g/mol. The van der Waals surface area contributed by atoms with Gasteiger partial charge in [-0.15, -0.1) is 0 Å². The molecule has 0 N–H and O–H groups in total. The largest absolute Gasteiger partial charge is 0.522 e. The molecule has 0 bridgehead atoms. The molecule has 0 radical (unpaired) electrons. The third-order valence-electron chi connectivity index (χ3n) is 2.66. The van der Waals surface area contributed by atoms with E-state index in [0.29, 0.717) is 6.17 Å². The van der Waals surface area contributed by atoms with Crippen molar-refractivity contribution in [3.63, 3.8) is 0 Å². The van der Waals surface area contributed by atoms with Gasteiger partial charge < -0.3 is 18.2 Å². The maximum Gasteiger partial charge on any atom is 0.522 e. The summed E-state index contributed by atoms with van der Waals surface area (Å²) in [7, 11) is 4.41. The summed E-state index contributed by atoms with van der Waals surface area (Å²) in [6.07, 6.45) is 1.55. The number of rotatable bonds is 5. The number of likely N-dealkylation sites (tertiary alicyclic amines) is 1. The lowest BCUT2D eigenvalue weighted by molar-refractivity contribution is 0.125. The molecular formula is C9H20N2O3Si. The summed E-state index contributed by atoms with van der Waals surface area (Å²) in [6.45, 7) is 2.03. The van der Waals surface area contributed by atoms with Gasteiger partial charge in [-0.05, 0) is 13.5 Å². The second kappa shape index (κ2) is 5.71. The van der Waals surface area contributed by atoms with Gasteiger partial charge in [-0.3, -0.25) is 4.99 Å². The Kier molecular flexibility index (Phi) is 4.87. The van der Waals surface area contributed by atoms with E-state index in [-0.39, 0.29) is 0 Å². The van der Waals surface area contributed by atoms with Gasteiger partial charge in [-0.2, -0.15) is 0 Å². The predicted molar refractivity (Wildman–Crippen MR) is 61.2 cm³/mol. The molecule has 0 aliphatic carbocycles. The van der Waals surface area contributed by atoms with Crippen LogP contribution in [0.1, 0.15) is 6.42 Å². The van der Waals surface area contributed by atoms with E-state index in [2.05, 4.69) is 16.9 Å². The summed E-state index contributed by atoms with van der Waals surface area (Å²) in [5.41, 5.74) is 1.21. The summed E-state index contributed by atoms with van der Waals surface area (Å²) in [4.78, 5) is 6.76. The van der Waals surface area contributed by atoms with Crippen LogP contribution in [-0.4, -0.2) is 67.1 Å². The lowest BCUT2D eigenvalue weighted by Gasteiger charge is -2.22. The highest BCUT2D eigenvalue weighted by Gasteiger charge is 2.38. The van der Waals surface area contributed by atoms with Crippen molar-refractivity contribution >= 4 is 14.5 Å². The maximum absolute atomic E-state index is 5.30. The van der Waals surface area contributed by atoms with Crippen LogP contribution < -0.4 is 0 Å². The van der Waals surface area contributed by atoms with E-state index in [1.165, 1.54) is 5.71 Å². The van der Waals surface area contributed by atoms with Gasteiger partial charge in [-0.25, -0.2) is 0 Å². The summed E-state index contributed by atoms with van der Waals surface area (Å²) in [5, 5.41) is 0. The second-order valence-corrected chi connectivity index (χ2v) is 6.57. The molecule has 1 aliphatic rings. The van der Waals surface area contributed by atoms with Crippen LogP contribution in [0.5, 0.6) is 0 Å². The third kappa shape index (κ3) is 3.35. The van der Waals surface area contributed by atoms with E-state index < -0.39 is 8.80 Å². The lowest BCUT2D eigenvalue weighted by atomic mass is 10.3. The topological polar surface area (TPSA) is 43.3 Å². The van der Waals surface area contributed by atoms with E-state index in [9.17, 15) is 0 Å². The molecule has 1 aliphatic heterocycles. The molecule has 0 aromatic heterocycles. The van der Waals surface area contributed by atoms with Crippen LogP contribution in [0.2, 0.25) is 0 Å². The molecule has 0 aromatic rings. The molecule has 1 saturated heterocycles. The standard InChI is InChI=1S/C9H20N2O3Si/c1-11-6-5-9(7-11)10-8-15(12-2,13-3)14-4/h5-8H2,1-4H3. The molecule has 1 rings (SSSR count). The van der Waals surface area contributed by atoms with Gasteiger partial charge in [0.1, 0.15) is 6.17 Å². The molecule has 0 atom stereocenters. The molecule has 1 fully saturated rings. The zero-order chi connectivity index (χ0) is 11.3. The Morgan fingerprint density at radius 3 is 2.27 bits per heavy atom. The van der Waals surface area contributed by atoms with Crippen LogP contribution >= 0.6 is 0 Å². The quantitative estimate of drug-likeness (QED) is 0.634. The highest BCUT2D eigenvalue weighted by molar-refractivity contribution is 6.61. The second-order valence-electron chi connectivity index (χ2n) is 3.67. The molecule has 0 saturated carbocycles. The van der Waals surface area contributed by atoms with Crippen LogP contribution in [0.4, 0.5) is 0 Å². The average Bonchev–Trinajstić information content (AvgIpc) is 2.67. The Labute approximate surface area is 92.4 Å². The van der Waals surface area contributed by atoms with Crippen molar-refractivity contribution < 1.29 is 13.3 Å². The predicted octanol–water partition coefficient (Wildman–Crippen LogP) is 0.180. The van der Waals surface area contributed by atoms with Gasteiger partial charge in [0, 0.05) is 40.1 Å². The molecule has 0 aromatic carbocycles. The van der Waals surface area contributed by atoms with E-state index in [1.54, 1.807) is 21.3 Å². The highest BCUT2D eigenvalue weighted by Crippen LogP contribution is 2.09. The first kappa shape index (κ1) is 12.8. The fraction of sp³-hybridized carbons (Fsp3) is 0.889. The van der Waals surface area contributed by atoms with Gasteiger partial charge in [0.25, 0.3) is 0 Å². The van der Waals surface area contributed by atoms with Crippen LogP contribution in [-0.2, 0) is 13.3 Å². The first-order valence-electron chi connectivity index (χ1n) is 5.02. The molecule has 0 unspecified atom stereocenters. The molecule has 15 heavy (non-hydrogen) atoms. The average molecular weight is 232 g/mol. The Bertz CT molecular complexity index is 223. The lowest BCUT2D eigenvalue weighted by Crippen LogP contribution is -2.46. The molecule has 1 heterocycles. The Hall–Kier alpha value is -0.273. The van der Waals surface area contributed by atoms with E-state index in [1.807, 2.05) is 0 Å². The SMILES string of the molecule is CO[Si](CN=C1CCN(C)C1)(OC)OC. The number of hydrogen-bond donors (Lipinski definition) is 0. The van der Waals surface area contributed by atoms with E-state index in [0.717, 1.165) is 19.5 Å². The molecule has 6 heteroatoms. The fourth-order valence-corrected chi connectivity index (χ4v) is 2.88. The van der Waals surface area contributed by atoms with E-state index >= 15 is 0 Å². The van der Waals surface area contributed by atoms with E-state index in [4.69, 9.17) is 13.3 Å². The highest BCUT2D eigenvalue weighted by atomic mass is 28.4. The first-order valence-corrected chi connectivity index (χ1v) is 6.95. The molecule has 0 amide bonds. The van der Waals surface area contributed by atoms with Crippen molar-refractivity contribution in [3.05, 3.63) is 0 Å². The van der Waals surface area contributed by atoms with Crippen molar-refractivity contribution in [2.45, 2.75) is 6.42 Å². The van der Waals surface area contributed by atoms with Crippen molar-refractivity contribution in [2.75, 3.05) is 47.6 Å². The fourth-order valence-electron chi connectivity index (χ4n) is 1.57. The Morgan fingerprint density at radius 2 is 1.87 bits per heavy atom. The Balaban J connectivity index is 2.52. The molecule has 5 nitrogen and oxygen atoms in total.